The molecule has 0 aliphatic carbocycles. The average Bonchev–Trinajstić information content (AvgIpc) is 3.45. The van der Waals surface area contributed by atoms with Crippen molar-refractivity contribution in [3.8, 4) is 5.75 Å². The summed E-state index contributed by atoms with van der Waals surface area (Å²) >= 11 is 12.3. The SMILES string of the molecule is CC(C)(C)OC(=O)N1CCC[C@H]1CCCOc1ccc(S(=O)(=O)Nc2ccc(Cl)c3c(Cl)c[nH]c23)c(F)c1. The molecular formula is C26H30Cl2FN3O5S. The molecule has 1 saturated heterocycles. The third-order valence-corrected chi connectivity index (χ3v) is 8.14. The number of hydrogen-bond donors (Lipinski definition) is 2. The molecule has 1 aliphatic rings. The molecule has 0 bridgehead atoms. The number of fused-ring (bicyclic) bond motifs is 1. The minimum atomic E-state index is -4.26. The molecule has 1 aromatic heterocycles. The standard InChI is InChI=1S/C26H30Cl2FN3O5S/c1-26(2,3)37-25(33)32-12-4-6-16(32)7-5-13-36-17-8-11-22(20(29)14-17)38(34,35)31-21-10-9-18(27)23-19(28)15-30-24(21)23/h8-11,14-16,30-31H,4-7,12-13H2,1-3H3/t16-/m0/s1. The van der Waals surface area contributed by atoms with Crippen molar-refractivity contribution in [3.05, 3.63) is 52.4 Å². The first-order valence-electron chi connectivity index (χ1n) is 12.3. The van der Waals surface area contributed by atoms with Gasteiger partial charge in [0.2, 0.25) is 0 Å². The van der Waals surface area contributed by atoms with Crippen LogP contribution in [0.1, 0.15) is 46.5 Å². The molecule has 1 fully saturated rings. The van der Waals surface area contributed by atoms with E-state index in [4.69, 9.17) is 32.7 Å². The van der Waals surface area contributed by atoms with Crippen molar-refractivity contribution in [1.82, 2.24) is 9.88 Å². The van der Waals surface area contributed by atoms with Crippen LogP contribution in [0.25, 0.3) is 10.9 Å². The summed E-state index contributed by atoms with van der Waals surface area (Å²) in [7, 11) is -4.26. The molecule has 1 amide bonds. The zero-order chi connectivity index (χ0) is 27.7. The van der Waals surface area contributed by atoms with Gasteiger partial charge in [-0.15, -0.1) is 0 Å². The molecule has 2 heterocycles. The number of carbonyl (C=O) groups is 1. The van der Waals surface area contributed by atoms with E-state index in [-0.39, 0.29) is 23.6 Å². The topological polar surface area (TPSA) is 101 Å². The van der Waals surface area contributed by atoms with Crippen LogP contribution < -0.4 is 9.46 Å². The molecule has 2 N–H and O–H groups in total. The number of carbonyl (C=O) groups excluding carboxylic acids is 1. The van der Waals surface area contributed by atoms with E-state index in [1.54, 1.807) is 4.90 Å². The molecule has 3 aromatic rings. The Bertz CT molecular complexity index is 1440. The number of nitrogens with zero attached hydrogens (tertiary/aromatic N) is 1. The normalized spacial score (nSPS) is 16.2. The largest absolute Gasteiger partial charge is 0.493 e. The number of likely N-dealkylation sites (tertiary alicyclic amines) is 1. The van der Waals surface area contributed by atoms with Gasteiger partial charge in [-0.1, -0.05) is 23.2 Å². The van der Waals surface area contributed by atoms with Crippen LogP contribution in [0.3, 0.4) is 0 Å². The third kappa shape index (κ3) is 6.47. The molecule has 0 spiro atoms. The van der Waals surface area contributed by atoms with E-state index < -0.39 is 26.3 Å². The summed E-state index contributed by atoms with van der Waals surface area (Å²) in [5.74, 6) is -0.737. The molecule has 206 valence electrons. The second-order valence-electron chi connectivity index (χ2n) is 10.1. The van der Waals surface area contributed by atoms with Crippen molar-refractivity contribution in [1.29, 1.82) is 0 Å². The number of anilines is 1. The molecule has 0 radical (unpaired) electrons. The number of sulfonamides is 1. The van der Waals surface area contributed by atoms with Crippen molar-refractivity contribution < 1.29 is 27.1 Å². The van der Waals surface area contributed by atoms with Gasteiger partial charge in [-0.05, 0) is 70.7 Å². The van der Waals surface area contributed by atoms with Gasteiger partial charge in [0.25, 0.3) is 10.0 Å². The van der Waals surface area contributed by atoms with Crippen LogP contribution in [0.15, 0.2) is 41.4 Å². The first-order valence-corrected chi connectivity index (χ1v) is 14.5. The lowest BCUT2D eigenvalue weighted by atomic mass is 10.1. The third-order valence-electron chi connectivity index (χ3n) is 6.13. The number of H-pyrrole nitrogens is 1. The molecule has 0 unspecified atom stereocenters. The van der Waals surface area contributed by atoms with Crippen molar-refractivity contribution in [3.63, 3.8) is 0 Å². The first kappa shape index (κ1) is 28.3. The lowest BCUT2D eigenvalue weighted by Gasteiger charge is -2.28. The summed E-state index contributed by atoms with van der Waals surface area (Å²) in [5, 5.41) is 1.15. The van der Waals surface area contributed by atoms with E-state index in [9.17, 15) is 17.6 Å². The monoisotopic (exact) mass is 585 g/mol. The van der Waals surface area contributed by atoms with Gasteiger partial charge in [-0.3, -0.25) is 4.72 Å². The van der Waals surface area contributed by atoms with E-state index in [1.165, 1.54) is 24.4 Å². The maximum Gasteiger partial charge on any atom is 0.410 e. The molecule has 2 aromatic carbocycles. The van der Waals surface area contributed by atoms with E-state index >= 15 is 0 Å². The average molecular weight is 587 g/mol. The number of amides is 1. The molecule has 12 heteroatoms. The van der Waals surface area contributed by atoms with Crippen LogP contribution in [0, 0.1) is 5.82 Å². The summed E-state index contributed by atoms with van der Waals surface area (Å²) < 4.78 is 54.3. The second kappa shape index (κ2) is 11.2. The summed E-state index contributed by atoms with van der Waals surface area (Å²) in [5.41, 5.74) is 0.0192. The fourth-order valence-electron chi connectivity index (χ4n) is 4.45. The first-order chi connectivity index (χ1) is 17.9. The molecule has 0 saturated carbocycles. The minimum Gasteiger partial charge on any atom is -0.493 e. The summed E-state index contributed by atoms with van der Waals surface area (Å²) in [6, 6.07) is 6.65. The van der Waals surface area contributed by atoms with Crippen molar-refractivity contribution >= 4 is 55.9 Å². The van der Waals surface area contributed by atoms with Gasteiger partial charge in [0.15, 0.2) is 0 Å². The predicted molar refractivity (Wildman–Crippen MR) is 146 cm³/mol. The van der Waals surface area contributed by atoms with Crippen LogP contribution in [-0.2, 0) is 14.8 Å². The Morgan fingerprint density at radius 2 is 1.97 bits per heavy atom. The number of ether oxygens (including phenoxy) is 2. The Morgan fingerprint density at radius 3 is 2.68 bits per heavy atom. The Labute approximate surface area is 231 Å². The Morgan fingerprint density at radius 1 is 1.21 bits per heavy atom. The Kier molecular flexibility index (Phi) is 8.34. The van der Waals surface area contributed by atoms with Crippen LogP contribution in [0.2, 0.25) is 10.0 Å². The minimum absolute atomic E-state index is 0.0673. The number of benzene rings is 2. The highest BCUT2D eigenvalue weighted by Gasteiger charge is 2.31. The maximum atomic E-state index is 14.9. The second-order valence-corrected chi connectivity index (χ2v) is 12.6. The number of nitrogens with one attached hydrogen (secondary N) is 2. The highest BCUT2D eigenvalue weighted by atomic mass is 35.5. The van der Waals surface area contributed by atoms with Crippen LogP contribution in [0.4, 0.5) is 14.9 Å². The van der Waals surface area contributed by atoms with Gasteiger partial charge in [0.1, 0.15) is 22.1 Å². The quantitative estimate of drug-likeness (QED) is 0.278. The Hall–Kier alpha value is -2.69. The predicted octanol–water partition coefficient (Wildman–Crippen LogP) is 6.97. The zero-order valence-electron chi connectivity index (χ0n) is 21.3. The number of aromatic nitrogens is 1. The lowest BCUT2D eigenvalue weighted by molar-refractivity contribution is 0.0216. The van der Waals surface area contributed by atoms with E-state index in [2.05, 4.69) is 9.71 Å². The number of hydrogen-bond acceptors (Lipinski definition) is 5. The maximum absolute atomic E-state index is 14.9. The van der Waals surface area contributed by atoms with Gasteiger partial charge in [0, 0.05) is 30.2 Å². The van der Waals surface area contributed by atoms with Gasteiger partial charge >= 0.3 is 6.09 Å². The van der Waals surface area contributed by atoms with Gasteiger partial charge in [-0.2, -0.15) is 0 Å². The number of rotatable bonds is 8. The van der Waals surface area contributed by atoms with Gasteiger partial charge in [0.05, 0.1) is 27.9 Å². The molecule has 1 atom stereocenters. The molecular weight excluding hydrogens is 556 g/mol. The zero-order valence-corrected chi connectivity index (χ0v) is 23.6. The molecule has 38 heavy (non-hydrogen) atoms. The van der Waals surface area contributed by atoms with Crippen LogP contribution >= 0.6 is 23.2 Å². The van der Waals surface area contributed by atoms with Crippen LogP contribution in [0.5, 0.6) is 5.75 Å². The Balaban J connectivity index is 1.35. The van der Waals surface area contributed by atoms with E-state index in [0.29, 0.717) is 40.5 Å². The molecule has 8 nitrogen and oxygen atoms in total. The van der Waals surface area contributed by atoms with Crippen LogP contribution in [-0.4, -0.2) is 49.2 Å². The van der Waals surface area contributed by atoms with Gasteiger partial charge < -0.3 is 19.4 Å². The fourth-order valence-corrected chi connectivity index (χ4v) is 6.14. The fraction of sp³-hybridized carbons (Fsp3) is 0.423. The summed E-state index contributed by atoms with van der Waals surface area (Å²) in [4.78, 5) is 16.5. The van der Waals surface area contributed by atoms with Gasteiger partial charge in [-0.25, -0.2) is 17.6 Å². The highest BCUT2D eigenvalue weighted by molar-refractivity contribution is 7.92. The van der Waals surface area contributed by atoms with Crippen molar-refractivity contribution in [2.45, 2.75) is 63.0 Å². The summed E-state index contributed by atoms with van der Waals surface area (Å²) in [6.45, 7) is 6.46. The smallest absolute Gasteiger partial charge is 0.410 e. The van der Waals surface area contributed by atoms with Crippen molar-refractivity contribution in [2.75, 3.05) is 17.9 Å². The van der Waals surface area contributed by atoms with Crippen molar-refractivity contribution in [2.24, 2.45) is 0 Å². The highest BCUT2D eigenvalue weighted by Crippen LogP contribution is 2.35. The molecule has 1 aliphatic heterocycles. The van der Waals surface area contributed by atoms with E-state index in [1.807, 2.05) is 20.8 Å². The molecule has 4 rings (SSSR count). The number of aromatic amines is 1. The summed E-state index contributed by atoms with van der Waals surface area (Å²) in [6.07, 6.45) is 4.34. The van der Waals surface area contributed by atoms with E-state index in [0.717, 1.165) is 31.4 Å². The lowest BCUT2D eigenvalue weighted by Crippen LogP contribution is -2.39. The number of halogens is 3.